The second-order valence-electron chi connectivity index (χ2n) is 3.78. The molecule has 3 N–H and O–H groups in total. The smallest absolute Gasteiger partial charge is 0.133 e. The molecule has 3 nitrogen and oxygen atoms in total. The molecule has 0 aromatic heterocycles. The van der Waals surface area contributed by atoms with Gasteiger partial charge in [0.15, 0.2) is 0 Å². The molecule has 1 rings (SSSR count). The number of benzene rings is 1. The molecule has 0 fully saturated rings. The fraction of sp³-hybridized carbons (Fsp3) is 0.500. The second-order valence-corrected chi connectivity index (χ2v) is 4.63. The minimum absolute atomic E-state index is 0. The molecule has 0 unspecified atom stereocenters. The Morgan fingerprint density at radius 3 is 2.59 bits per heavy atom. The number of rotatable bonds is 5. The molecule has 1 aromatic carbocycles. The number of ether oxygens (including phenoxy) is 1. The highest BCUT2D eigenvalue weighted by Crippen LogP contribution is 2.28. The predicted molar refractivity (Wildman–Crippen MR) is 75.8 cm³/mol. The van der Waals surface area contributed by atoms with E-state index in [-0.39, 0.29) is 18.4 Å². The Morgan fingerprint density at radius 1 is 1.47 bits per heavy atom. The molecule has 2 atom stereocenters. The maximum absolute atomic E-state index is 9.82. The predicted octanol–water partition coefficient (Wildman–Crippen LogP) is 3.04. The number of methoxy groups -OCH3 is 1. The lowest BCUT2D eigenvalue weighted by Crippen LogP contribution is -2.25. The first-order valence-corrected chi connectivity index (χ1v) is 6.16. The monoisotopic (exact) mass is 323 g/mol. The van der Waals surface area contributed by atoms with Gasteiger partial charge in [-0.25, -0.2) is 0 Å². The van der Waals surface area contributed by atoms with Gasteiger partial charge in [-0.1, -0.05) is 19.4 Å². The molecule has 17 heavy (non-hydrogen) atoms. The first kappa shape index (κ1) is 16.7. The van der Waals surface area contributed by atoms with Crippen LogP contribution in [0.4, 0.5) is 0 Å². The van der Waals surface area contributed by atoms with Crippen molar-refractivity contribution in [2.24, 2.45) is 5.73 Å². The van der Waals surface area contributed by atoms with Gasteiger partial charge in [0.2, 0.25) is 0 Å². The average molecular weight is 325 g/mol. The summed E-state index contributed by atoms with van der Waals surface area (Å²) in [5.41, 5.74) is 6.88. The van der Waals surface area contributed by atoms with Crippen molar-refractivity contribution in [2.75, 3.05) is 7.11 Å². The Labute approximate surface area is 117 Å². The maximum Gasteiger partial charge on any atom is 0.133 e. The molecule has 0 amide bonds. The molecule has 0 aliphatic carbocycles. The van der Waals surface area contributed by atoms with Gasteiger partial charge in [0.1, 0.15) is 5.75 Å². The van der Waals surface area contributed by atoms with Crippen molar-refractivity contribution < 1.29 is 9.84 Å². The fourth-order valence-corrected chi connectivity index (χ4v) is 2.15. The number of halogens is 2. The molecule has 0 bridgehead atoms. The summed E-state index contributed by atoms with van der Waals surface area (Å²) in [6, 6.07) is 5.27. The lowest BCUT2D eigenvalue weighted by Gasteiger charge is -2.19. The largest absolute Gasteiger partial charge is 0.496 e. The third-order valence-electron chi connectivity index (χ3n) is 2.56. The number of nitrogens with two attached hydrogens (primary N) is 1. The van der Waals surface area contributed by atoms with Crippen LogP contribution in [0.2, 0.25) is 0 Å². The first-order chi connectivity index (χ1) is 7.60. The molecule has 0 spiro atoms. The molecule has 0 aliphatic rings. The van der Waals surface area contributed by atoms with Crippen LogP contribution in [0, 0.1) is 0 Å². The molecule has 0 aliphatic heterocycles. The molecular weight excluding hydrogens is 305 g/mol. The van der Waals surface area contributed by atoms with Crippen molar-refractivity contribution in [3.05, 3.63) is 28.2 Å². The van der Waals surface area contributed by atoms with E-state index in [0.717, 1.165) is 22.2 Å². The Bertz CT molecular complexity index is 349. The Kier molecular flexibility index (Phi) is 7.79. The van der Waals surface area contributed by atoms with E-state index in [0.29, 0.717) is 6.42 Å². The zero-order chi connectivity index (χ0) is 12.1. The summed E-state index contributed by atoms with van der Waals surface area (Å²) in [5.74, 6) is 0.765. The van der Waals surface area contributed by atoms with Gasteiger partial charge in [0, 0.05) is 0 Å². The fourth-order valence-electron chi connectivity index (χ4n) is 1.59. The summed E-state index contributed by atoms with van der Waals surface area (Å²) in [6.07, 6.45) is 1.14. The van der Waals surface area contributed by atoms with E-state index in [9.17, 15) is 5.11 Å². The quantitative estimate of drug-likeness (QED) is 0.875. The average Bonchev–Trinajstić information content (AvgIpc) is 2.28. The summed E-state index contributed by atoms with van der Waals surface area (Å²) in [5, 5.41) is 9.82. The number of aliphatic hydroxyl groups is 1. The third kappa shape index (κ3) is 4.47. The van der Waals surface area contributed by atoms with E-state index < -0.39 is 6.10 Å². The van der Waals surface area contributed by atoms with Gasteiger partial charge in [-0.05, 0) is 40.0 Å². The van der Waals surface area contributed by atoms with Crippen LogP contribution in [-0.2, 0) is 0 Å². The summed E-state index contributed by atoms with van der Waals surface area (Å²) in [6.45, 7) is 2.03. The summed E-state index contributed by atoms with van der Waals surface area (Å²) in [7, 11) is 1.62. The maximum atomic E-state index is 9.82. The minimum atomic E-state index is -0.495. The van der Waals surface area contributed by atoms with Gasteiger partial charge < -0.3 is 15.6 Å². The van der Waals surface area contributed by atoms with E-state index in [4.69, 9.17) is 10.5 Å². The van der Waals surface area contributed by atoms with Crippen LogP contribution in [-0.4, -0.2) is 18.3 Å². The standard InChI is InChI=1S/C12H18BrNO2.ClH/c1-3-4-10(15)12(14)8-5-6-11(16-2)9(13)7-8;/h5-7,10,12,15H,3-4,14H2,1-2H3;1H/t10-,12+;/m1./s1. The second kappa shape index (κ2) is 7.93. The van der Waals surface area contributed by atoms with Gasteiger partial charge in [-0.2, -0.15) is 0 Å². The Balaban J connectivity index is 0.00000256. The van der Waals surface area contributed by atoms with E-state index in [1.165, 1.54) is 0 Å². The molecule has 0 heterocycles. The molecule has 98 valence electrons. The van der Waals surface area contributed by atoms with Crippen molar-refractivity contribution in [1.82, 2.24) is 0 Å². The topological polar surface area (TPSA) is 55.5 Å². The van der Waals surface area contributed by atoms with Crippen molar-refractivity contribution in [1.29, 1.82) is 0 Å². The van der Waals surface area contributed by atoms with Gasteiger partial charge in [-0.15, -0.1) is 12.4 Å². The van der Waals surface area contributed by atoms with Crippen LogP contribution in [0.3, 0.4) is 0 Å². The highest BCUT2D eigenvalue weighted by atomic mass is 79.9. The van der Waals surface area contributed by atoms with Crippen LogP contribution in [0.1, 0.15) is 31.4 Å². The lowest BCUT2D eigenvalue weighted by molar-refractivity contribution is 0.134. The molecule has 1 aromatic rings. The van der Waals surface area contributed by atoms with E-state index >= 15 is 0 Å². The van der Waals surface area contributed by atoms with Gasteiger partial charge >= 0.3 is 0 Å². The van der Waals surface area contributed by atoms with Crippen molar-refractivity contribution in [3.63, 3.8) is 0 Å². The minimum Gasteiger partial charge on any atom is -0.496 e. The Hall–Kier alpha value is -0.290. The van der Waals surface area contributed by atoms with E-state index in [1.54, 1.807) is 7.11 Å². The SMILES string of the molecule is CCC[C@@H](O)[C@@H](N)c1ccc(OC)c(Br)c1.Cl. The molecule has 0 saturated carbocycles. The third-order valence-corrected chi connectivity index (χ3v) is 3.18. The van der Waals surface area contributed by atoms with Gasteiger partial charge in [0.25, 0.3) is 0 Å². The van der Waals surface area contributed by atoms with Crippen LogP contribution in [0.5, 0.6) is 5.75 Å². The summed E-state index contributed by atoms with van der Waals surface area (Å²) < 4.78 is 5.99. The van der Waals surface area contributed by atoms with E-state index in [1.807, 2.05) is 25.1 Å². The molecule has 0 radical (unpaired) electrons. The zero-order valence-corrected chi connectivity index (χ0v) is 12.4. The lowest BCUT2D eigenvalue weighted by atomic mass is 9.99. The first-order valence-electron chi connectivity index (χ1n) is 5.37. The summed E-state index contributed by atoms with van der Waals surface area (Å²) in [4.78, 5) is 0. The normalized spacial score (nSPS) is 13.7. The van der Waals surface area contributed by atoms with Crippen molar-refractivity contribution in [2.45, 2.75) is 31.9 Å². The highest BCUT2D eigenvalue weighted by molar-refractivity contribution is 9.10. The molecule has 0 saturated heterocycles. The van der Waals surface area contributed by atoms with Crippen molar-refractivity contribution >= 4 is 28.3 Å². The van der Waals surface area contributed by atoms with Crippen molar-refractivity contribution in [3.8, 4) is 5.75 Å². The van der Waals surface area contributed by atoms with Crippen LogP contribution >= 0.6 is 28.3 Å². The van der Waals surface area contributed by atoms with E-state index in [2.05, 4.69) is 15.9 Å². The van der Waals surface area contributed by atoms with Crippen LogP contribution in [0.25, 0.3) is 0 Å². The summed E-state index contributed by atoms with van der Waals surface area (Å²) >= 11 is 3.40. The number of hydrogen-bond acceptors (Lipinski definition) is 3. The van der Waals surface area contributed by atoms with Crippen LogP contribution in [0.15, 0.2) is 22.7 Å². The number of hydrogen-bond donors (Lipinski definition) is 2. The van der Waals surface area contributed by atoms with Gasteiger partial charge in [0.05, 0.1) is 23.7 Å². The number of aliphatic hydroxyl groups excluding tert-OH is 1. The van der Waals surface area contributed by atoms with Gasteiger partial charge in [-0.3, -0.25) is 0 Å². The highest BCUT2D eigenvalue weighted by Gasteiger charge is 2.16. The molecular formula is C12H19BrClNO2. The molecule has 5 heteroatoms. The zero-order valence-electron chi connectivity index (χ0n) is 10.0. The van der Waals surface area contributed by atoms with Crippen LogP contribution < -0.4 is 10.5 Å². The Morgan fingerprint density at radius 2 is 2.12 bits per heavy atom.